The predicted octanol–water partition coefficient (Wildman–Crippen LogP) is 4.82. The molecule has 0 aliphatic carbocycles. The molecule has 3 heterocycles. The Labute approximate surface area is 186 Å². The summed E-state index contributed by atoms with van der Waals surface area (Å²) in [6.07, 6.45) is 11.8. The lowest BCUT2D eigenvalue weighted by molar-refractivity contribution is -0.132. The lowest BCUT2D eigenvalue weighted by Gasteiger charge is -2.27. The van der Waals surface area contributed by atoms with Crippen LogP contribution in [0.5, 0.6) is 5.75 Å². The van der Waals surface area contributed by atoms with E-state index in [2.05, 4.69) is 39.9 Å². The molecule has 2 aliphatic rings. The Morgan fingerprint density at radius 3 is 2.87 bits per heavy atom. The molecule has 1 amide bonds. The van der Waals surface area contributed by atoms with E-state index in [1.807, 2.05) is 12.3 Å². The van der Waals surface area contributed by atoms with Gasteiger partial charge in [-0.15, -0.1) is 0 Å². The first-order valence-electron chi connectivity index (χ1n) is 12.3. The van der Waals surface area contributed by atoms with Gasteiger partial charge >= 0.3 is 0 Å². The van der Waals surface area contributed by atoms with Crippen LogP contribution in [0.2, 0.25) is 0 Å². The van der Waals surface area contributed by atoms with Gasteiger partial charge in [0, 0.05) is 44.2 Å². The minimum absolute atomic E-state index is 0.199. The van der Waals surface area contributed by atoms with E-state index in [0.717, 1.165) is 68.6 Å². The number of hydrogen-bond acceptors (Lipinski definition) is 4. The molecule has 4 rings (SSSR count). The van der Waals surface area contributed by atoms with Crippen LogP contribution >= 0.6 is 0 Å². The van der Waals surface area contributed by atoms with Crippen LogP contribution in [-0.2, 0) is 11.2 Å². The SMILES string of the molecule is CCCCc1cc(O[C@H]2CCN(CCCC(=O)N3CCCCC3)C2)c2ncccc2c1. The Morgan fingerprint density at radius 1 is 1.16 bits per heavy atom. The van der Waals surface area contributed by atoms with E-state index in [0.29, 0.717) is 12.3 Å². The Kier molecular flexibility index (Phi) is 7.79. The fourth-order valence-corrected chi connectivity index (χ4v) is 4.86. The topological polar surface area (TPSA) is 45.7 Å². The van der Waals surface area contributed by atoms with Crippen molar-refractivity contribution in [2.24, 2.45) is 0 Å². The number of fused-ring (bicyclic) bond motifs is 1. The Hall–Kier alpha value is -2.14. The van der Waals surface area contributed by atoms with Crippen molar-refractivity contribution in [1.29, 1.82) is 0 Å². The summed E-state index contributed by atoms with van der Waals surface area (Å²) >= 11 is 0. The fourth-order valence-electron chi connectivity index (χ4n) is 4.86. The molecule has 0 N–H and O–H groups in total. The zero-order chi connectivity index (χ0) is 21.5. The molecule has 0 unspecified atom stereocenters. The summed E-state index contributed by atoms with van der Waals surface area (Å²) in [6.45, 7) is 7.10. The van der Waals surface area contributed by atoms with Crippen molar-refractivity contribution in [3.05, 3.63) is 36.0 Å². The van der Waals surface area contributed by atoms with Gasteiger partial charge in [-0.1, -0.05) is 19.4 Å². The highest BCUT2D eigenvalue weighted by Crippen LogP contribution is 2.29. The normalized spacial score (nSPS) is 19.8. The third kappa shape index (κ3) is 5.97. The first kappa shape index (κ1) is 22.1. The van der Waals surface area contributed by atoms with Crippen LogP contribution in [0.4, 0.5) is 0 Å². The van der Waals surface area contributed by atoms with Gasteiger partial charge in [0.25, 0.3) is 0 Å². The maximum absolute atomic E-state index is 12.4. The molecule has 0 radical (unpaired) electrons. The Balaban J connectivity index is 1.29. The minimum Gasteiger partial charge on any atom is -0.487 e. The quantitative estimate of drug-likeness (QED) is 0.580. The van der Waals surface area contributed by atoms with Crippen molar-refractivity contribution in [2.75, 3.05) is 32.7 Å². The van der Waals surface area contributed by atoms with Gasteiger partial charge in [0.05, 0.1) is 0 Å². The lowest BCUT2D eigenvalue weighted by Crippen LogP contribution is -2.36. The molecule has 1 aromatic carbocycles. The third-order valence-corrected chi connectivity index (χ3v) is 6.65. The van der Waals surface area contributed by atoms with Crippen molar-refractivity contribution in [2.45, 2.75) is 70.8 Å². The Bertz CT molecular complexity index is 863. The fraction of sp³-hybridized carbons (Fsp3) is 0.615. The molecule has 2 aliphatic heterocycles. The standard InChI is InChI=1S/C26H37N3O2/c1-2-3-9-21-18-22-10-7-13-27-26(22)24(19-21)31-23-12-17-28(20-23)14-8-11-25(30)29-15-5-4-6-16-29/h7,10,13,18-19,23H,2-6,8-9,11-12,14-17,20H2,1H3/t23-/m0/s1. The summed E-state index contributed by atoms with van der Waals surface area (Å²) in [6, 6.07) is 8.58. The molecule has 2 fully saturated rings. The number of pyridine rings is 1. The summed E-state index contributed by atoms with van der Waals surface area (Å²) < 4.78 is 6.48. The number of aromatic nitrogens is 1. The number of likely N-dealkylation sites (tertiary alicyclic amines) is 2. The van der Waals surface area contributed by atoms with Crippen LogP contribution in [-0.4, -0.2) is 59.5 Å². The summed E-state index contributed by atoms with van der Waals surface area (Å²) in [5.41, 5.74) is 2.30. The van der Waals surface area contributed by atoms with Gasteiger partial charge in [-0.2, -0.15) is 0 Å². The molecule has 0 bridgehead atoms. The van der Waals surface area contributed by atoms with Crippen LogP contribution in [0.25, 0.3) is 10.9 Å². The number of amides is 1. The molecule has 0 saturated carbocycles. The van der Waals surface area contributed by atoms with Crippen molar-refractivity contribution >= 4 is 16.8 Å². The van der Waals surface area contributed by atoms with Gasteiger partial charge in [0.2, 0.25) is 5.91 Å². The monoisotopic (exact) mass is 423 g/mol. The van der Waals surface area contributed by atoms with Crippen LogP contribution in [0.1, 0.15) is 63.9 Å². The van der Waals surface area contributed by atoms with Gasteiger partial charge < -0.3 is 9.64 Å². The zero-order valence-corrected chi connectivity index (χ0v) is 19.0. The van der Waals surface area contributed by atoms with E-state index >= 15 is 0 Å². The smallest absolute Gasteiger partial charge is 0.222 e. The number of ether oxygens (including phenoxy) is 1. The minimum atomic E-state index is 0.199. The summed E-state index contributed by atoms with van der Waals surface area (Å²) in [5.74, 6) is 1.27. The van der Waals surface area contributed by atoms with Crippen molar-refractivity contribution < 1.29 is 9.53 Å². The number of benzene rings is 1. The number of carbonyl (C=O) groups excluding carboxylic acids is 1. The average Bonchev–Trinajstić information content (AvgIpc) is 3.25. The van der Waals surface area contributed by atoms with Crippen LogP contribution in [0.15, 0.2) is 30.5 Å². The second-order valence-corrected chi connectivity index (χ2v) is 9.15. The molecule has 2 aromatic rings. The molecule has 0 spiro atoms. The maximum atomic E-state index is 12.4. The van der Waals surface area contributed by atoms with E-state index in [1.165, 1.54) is 37.7 Å². The number of aryl methyl sites for hydroxylation is 1. The first-order chi connectivity index (χ1) is 15.2. The van der Waals surface area contributed by atoms with E-state index in [9.17, 15) is 4.79 Å². The molecule has 2 saturated heterocycles. The number of unbranched alkanes of at least 4 members (excludes halogenated alkanes) is 1. The molecule has 5 nitrogen and oxygen atoms in total. The van der Waals surface area contributed by atoms with E-state index in [1.54, 1.807) is 0 Å². The van der Waals surface area contributed by atoms with Crippen molar-refractivity contribution in [3.63, 3.8) is 0 Å². The predicted molar refractivity (Wildman–Crippen MR) is 125 cm³/mol. The summed E-state index contributed by atoms with van der Waals surface area (Å²) in [4.78, 5) is 21.5. The molecular formula is C26H37N3O2. The second kappa shape index (κ2) is 10.9. The van der Waals surface area contributed by atoms with Gasteiger partial charge in [-0.05, 0) is 75.3 Å². The summed E-state index contributed by atoms with van der Waals surface area (Å²) in [7, 11) is 0. The number of piperidine rings is 1. The van der Waals surface area contributed by atoms with E-state index in [-0.39, 0.29) is 6.10 Å². The van der Waals surface area contributed by atoms with Crippen LogP contribution < -0.4 is 4.74 Å². The largest absolute Gasteiger partial charge is 0.487 e. The van der Waals surface area contributed by atoms with Crippen LogP contribution in [0, 0.1) is 0 Å². The molecular weight excluding hydrogens is 386 g/mol. The highest BCUT2D eigenvalue weighted by molar-refractivity contribution is 5.85. The zero-order valence-electron chi connectivity index (χ0n) is 19.0. The highest BCUT2D eigenvalue weighted by Gasteiger charge is 2.25. The molecule has 168 valence electrons. The third-order valence-electron chi connectivity index (χ3n) is 6.65. The molecule has 5 heteroatoms. The van der Waals surface area contributed by atoms with Gasteiger partial charge in [-0.3, -0.25) is 14.7 Å². The lowest BCUT2D eigenvalue weighted by atomic mass is 10.0. The summed E-state index contributed by atoms with van der Waals surface area (Å²) in [5, 5.41) is 1.16. The molecule has 1 aromatic heterocycles. The number of nitrogens with zero attached hydrogens (tertiary/aromatic N) is 3. The van der Waals surface area contributed by atoms with Crippen molar-refractivity contribution in [3.8, 4) is 5.75 Å². The molecule has 31 heavy (non-hydrogen) atoms. The molecule has 1 atom stereocenters. The van der Waals surface area contributed by atoms with Gasteiger partial charge in [0.1, 0.15) is 17.4 Å². The van der Waals surface area contributed by atoms with Gasteiger partial charge in [0.15, 0.2) is 0 Å². The number of carbonyl (C=O) groups is 1. The highest BCUT2D eigenvalue weighted by atomic mass is 16.5. The Morgan fingerprint density at radius 2 is 2.03 bits per heavy atom. The van der Waals surface area contributed by atoms with E-state index < -0.39 is 0 Å². The van der Waals surface area contributed by atoms with Crippen LogP contribution in [0.3, 0.4) is 0 Å². The second-order valence-electron chi connectivity index (χ2n) is 9.15. The van der Waals surface area contributed by atoms with E-state index in [4.69, 9.17) is 4.74 Å². The number of hydrogen-bond donors (Lipinski definition) is 0. The maximum Gasteiger partial charge on any atom is 0.222 e. The van der Waals surface area contributed by atoms with Crippen molar-refractivity contribution in [1.82, 2.24) is 14.8 Å². The van der Waals surface area contributed by atoms with Gasteiger partial charge in [-0.25, -0.2) is 0 Å². The first-order valence-corrected chi connectivity index (χ1v) is 12.3. The average molecular weight is 424 g/mol. The number of rotatable bonds is 9.